The van der Waals surface area contributed by atoms with Crippen molar-refractivity contribution in [2.45, 2.75) is 20.3 Å². The SMILES string of the molecule is COc1cccc(-c2cc(C(=O)Nc3nc(CC(C)=C(F)F)ns3)c(C)s2)c1. The van der Waals surface area contributed by atoms with Crippen molar-refractivity contribution in [3.05, 3.63) is 58.3 Å². The number of aromatic nitrogens is 2. The summed E-state index contributed by atoms with van der Waals surface area (Å²) in [6.07, 6.45) is -1.79. The van der Waals surface area contributed by atoms with E-state index in [0.717, 1.165) is 32.6 Å². The van der Waals surface area contributed by atoms with Gasteiger partial charge in [0.15, 0.2) is 0 Å². The molecule has 0 saturated carbocycles. The molecule has 2 heterocycles. The van der Waals surface area contributed by atoms with Gasteiger partial charge in [0.25, 0.3) is 12.0 Å². The van der Waals surface area contributed by atoms with Crippen LogP contribution in [0.3, 0.4) is 0 Å². The molecule has 0 aliphatic rings. The quantitative estimate of drug-likeness (QED) is 0.567. The summed E-state index contributed by atoms with van der Waals surface area (Å²) in [6.45, 7) is 3.19. The van der Waals surface area contributed by atoms with E-state index in [4.69, 9.17) is 4.74 Å². The number of hydrogen-bond acceptors (Lipinski definition) is 6. The third-order valence-corrected chi connectivity index (χ3v) is 5.72. The molecule has 0 bridgehead atoms. The van der Waals surface area contributed by atoms with Gasteiger partial charge in [-0.1, -0.05) is 12.1 Å². The zero-order valence-corrected chi connectivity index (χ0v) is 17.0. The van der Waals surface area contributed by atoms with Gasteiger partial charge in [-0.2, -0.15) is 13.2 Å². The van der Waals surface area contributed by atoms with Crippen LogP contribution in [0.5, 0.6) is 5.75 Å². The Morgan fingerprint density at radius 3 is 2.79 bits per heavy atom. The van der Waals surface area contributed by atoms with Crippen molar-refractivity contribution in [3.63, 3.8) is 0 Å². The first-order valence-corrected chi connectivity index (χ1v) is 9.86. The van der Waals surface area contributed by atoms with Gasteiger partial charge < -0.3 is 4.74 Å². The molecule has 0 saturated heterocycles. The largest absolute Gasteiger partial charge is 0.497 e. The number of thiophene rings is 1. The molecule has 1 aromatic carbocycles. The lowest BCUT2D eigenvalue weighted by atomic mass is 10.1. The molecule has 1 N–H and O–H groups in total. The number of carbonyl (C=O) groups excluding carboxylic acids is 1. The lowest BCUT2D eigenvalue weighted by Crippen LogP contribution is -2.11. The summed E-state index contributed by atoms with van der Waals surface area (Å²) < 4.78 is 34.3. The number of nitrogens with zero attached hydrogens (tertiary/aromatic N) is 2. The van der Waals surface area contributed by atoms with Crippen LogP contribution in [-0.2, 0) is 6.42 Å². The molecule has 0 aliphatic carbocycles. The fraction of sp³-hybridized carbons (Fsp3) is 0.211. The van der Waals surface area contributed by atoms with Gasteiger partial charge in [0.1, 0.15) is 11.6 Å². The Kier molecular flexibility index (Phi) is 6.15. The van der Waals surface area contributed by atoms with Crippen molar-refractivity contribution in [2.24, 2.45) is 0 Å². The second-order valence-electron chi connectivity index (χ2n) is 6.00. The Labute approximate surface area is 168 Å². The van der Waals surface area contributed by atoms with Crippen LogP contribution in [0, 0.1) is 6.92 Å². The minimum Gasteiger partial charge on any atom is -0.497 e. The van der Waals surface area contributed by atoms with Crippen LogP contribution in [0.4, 0.5) is 13.9 Å². The fourth-order valence-corrected chi connectivity index (χ4v) is 4.07. The smallest absolute Gasteiger partial charge is 0.269 e. The monoisotopic (exact) mass is 421 g/mol. The topological polar surface area (TPSA) is 64.1 Å². The third-order valence-electron chi connectivity index (χ3n) is 3.95. The summed E-state index contributed by atoms with van der Waals surface area (Å²) in [4.78, 5) is 18.5. The molecule has 0 unspecified atom stereocenters. The Morgan fingerprint density at radius 2 is 2.07 bits per heavy atom. The van der Waals surface area contributed by atoms with Crippen LogP contribution in [0.2, 0.25) is 0 Å². The van der Waals surface area contributed by atoms with E-state index in [9.17, 15) is 13.6 Å². The first-order valence-electron chi connectivity index (χ1n) is 8.27. The number of benzene rings is 1. The molecule has 0 radical (unpaired) electrons. The van der Waals surface area contributed by atoms with E-state index in [0.29, 0.717) is 5.56 Å². The number of rotatable bonds is 6. The number of methoxy groups -OCH3 is 1. The van der Waals surface area contributed by atoms with Gasteiger partial charge in [-0.15, -0.1) is 11.3 Å². The van der Waals surface area contributed by atoms with E-state index in [1.54, 1.807) is 7.11 Å². The number of allylic oxidation sites excluding steroid dienone is 1. The number of nitrogens with one attached hydrogen (secondary N) is 1. The van der Waals surface area contributed by atoms with Crippen molar-refractivity contribution in [3.8, 4) is 16.2 Å². The molecule has 3 aromatic rings. The van der Waals surface area contributed by atoms with Crippen molar-refractivity contribution in [2.75, 3.05) is 12.4 Å². The van der Waals surface area contributed by atoms with Crippen molar-refractivity contribution < 1.29 is 18.3 Å². The van der Waals surface area contributed by atoms with E-state index >= 15 is 0 Å². The first kappa shape index (κ1) is 20.1. The second-order valence-corrected chi connectivity index (χ2v) is 8.01. The van der Waals surface area contributed by atoms with Crippen LogP contribution in [0.1, 0.15) is 28.0 Å². The number of anilines is 1. The second kappa shape index (κ2) is 8.57. The van der Waals surface area contributed by atoms with E-state index in [1.165, 1.54) is 18.3 Å². The van der Waals surface area contributed by atoms with Gasteiger partial charge in [0, 0.05) is 27.7 Å². The number of hydrogen-bond donors (Lipinski definition) is 1. The van der Waals surface area contributed by atoms with Crippen molar-refractivity contribution in [1.29, 1.82) is 0 Å². The van der Waals surface area contributed by atoms with Gasteiger partial charge in [0.2, 0.25) is 5.13 Å². The lowest BCUT2D eigenvalue weighted by molar-refractivity contribution is 0.102. The minimum atomic E-state index is -1.74. The Hall–Kier alpha value is -2.65. The molecule has 2 aromatic heterocycles. The molecule has 1 amide bonds. The van der Waals surface area contributed by atoms with Crippen LogP contribution in [0.15, 0.2) is 42.0 Å². The third kappa shape index (κ3) is 4.60. The Balaban J connectivity index is 1.76. The number of amides is 1. The predicted octanol–water partition coefficient (Wildman–Crippen LogP) is 5.55. The standard InChI is InChI=1S/C19H17F2N3O2S2/c1-10(17(20)21)7-16-22-19(28-24-16)23-18(25)14-9-15(27-11(14)2)12-5-4-6-13(8-12)26-3/h4-6,8-9H,7H2,1-3H3,(H,22,23,24,25). The Bertz CT molecular complexity index is 1040. The number of aryl methyl sites for hydroxylation is 1. The first-order chi connectivity index (χ1) is 13.4. The average molecular weight is 421 g/mol. The molecule has 3 rings (SSSR count). The fourth-order valence-electron chi connectivity index (χ4n) is 2.47. The van der Waals surface area contributed by atoms with Crippen LogP contribution in [0.25, 0.3) is 10.4 Å². The highest BCUT2D eigenvalue weighted by Crippen LogP contribution is 2.33. The molecule has 146 valence electrons. The molecule has 0 spiro atoms. The highest BCUT2D eigenvalue weighted by atomic mass is 32.1. The van der Waals surface area contributed by atoms with Crippen molar-refractivity contribution >= 4 is 33.9 Å². The average Bonchev–Trinajstić information content (AvgIpc) is 3.28. The lowest BCUT2D eigenvalue weighted by Gasteiger charge is -2.02. The maximum Gasteiger partial charge on any atom is 0.269 e. The summed E-state index contributed by atoms with van der Waals surface area (Å²) in [5.74, 6) is 0.684. The van der Waals surface area contributed by atoms with E-state index in [-0.39, 0.29) is 28.9 Å². The molecule has 0 fully saturated rings. The molecular formula is C19H17F2N3O2S2. The van der Waals surface area contributed by atoms with Crippen LogP contribution < -0.4 is 10.1 Å². The minimum absolute atomic E-state index is 0.0494. The number of ether oxygens (including phenoxy) is 1. The van der Waals surface area contributed by atoms with Crippen LogP contribution in [-0.4, -0.2) is 22.4 Å². The van der Waals surface area contributed by atoms with E-state index in [2.05, 4.69) is 14.7 Å². The van der Waals surface area contributed by atoms with Gasteiger partial charge in [-0.25, -0.2) is 4.98 Å². The molecule has 0 aliphatic heterocycles. The van der Waals surface area contributed by atoms with Crippen molar-refractivity contribution in [1.82, 2.24) is 9.36 Å². The van der Waals surface area contributed by atoms with E-state index in [1.807, 2.05) is 37.3 Å². The van der Waals surface area contributed by atoms with E-state index < -0.39 is 6.08 Å². The number of halogens is 2. The maximum atomic E-state index is 12.6. The summed E-state index contributed by atoms with van der Waals surface area (Å²) in [5.41, 5.74) is 1.40. The van der Waals surface area contributed by atoms with Gasteiger partial charge in [-0.05, 0) is 43.2 Å². The van der Waals surface area contributed by atoms with Gasteiger partial charge >= 0.3 is 0 Å². The molecule has 0 atom stereocenters. The van der Waals surface area contributed by atoms with Gasteiger partial charge in [-0.3, -0.25) is 10.1 Å². The summed E-state index contributed by atoms with van der Waals surface area (Å²) in [7, 11) is 1.60. The maximum absolute atomic E-state index is 12.6. The van der Waals surface area contributed by atoms with Gasteiger partial charge in [0.05, 0.1) is 12.7 Å². The highest BCUT2D eigenvalue weighted by molar-refractivity contribution is 7.15. The van der Waals surface area contributed by atoms with Crippen LogP contribution >= 0.6 is 22.9 Å². The normalized spacial score (nSPS) is 10.6. The predicted molar refractivity (Wildman–Crippen MR) is 108 cm³/mol. The Morgan fingerprint density at radius 1 is 1.29 bits per heavy atom. The number of carbonyl (C=O) groups is 1. The molecular weight excluding hydrogens is 404 g/mol. The zero-order valence-electron chi connectivity index (χ0n) is 15.4. The molecule has 5 nitrogen and oxygen atoms in total. The summed E-state index contributed by atoms with van der Waals surface area (Å²) >= 11 is 2.47. The molecule has 28 heavy (non-hydrogen) atoms. The molecule has 9 heteroatoms. The summed E-state index contributed by atoms with van der Waals surface area (Å²) in [6, 6.07) is 9.42. The highest BCUT2D eigenvalue weighted by Gasteiger charge is 2.17. The zero-order chi connectivity index (χ0) is 20.3. The summed E-state index contributed by atoms with van der Waals surface area (Å²) in [5, 5.41) is 2.97.